The predicted octanol–water partition coefficient (Wildman–Crippen LogP) is 7.73. The lowest BCUT2D eigenvalue weighted by Crippen LogP contribution is -1.88. The van der Waals surface area contributed by atoms with Gasteiger partial charge in [-0.1, -0.05) is 58.5 Å². The van der Waals surface area contributed by atoms with E-state index in [1.807, 2.05) is 0 Å². The summed E-state index contributed by atoms with van der Waals surface area (Å²) in [5.41, 5.74) is 2.52. The van der Waals surface area contributed by atoms with Crippen LogP contribution < -0.4 is 0 Å². The zero-order chi connectivity index (χ0) is 23.5. The highest BCUT2D eigenvalue weighted by Crippen LogP contribution is 2.41. The summed E-state index contributed by atoms with van der Waals surface area (Å²) in [6.07, 6.45) is 3.80. The summed E-state index contributed by atoms with van der Waals surface area (Å²) in [6, 6.07) is 13.4. The maximum atomic E-state index is 11.5. The van der Waals surface area contributed by atoms with Crippen molar-refractivity contribution in [1.29, 1.82) is 0 Å². The van der Waals surface area contributed by atoms with E-state index in [2.05, 4.69) is 15.0 Å². The molecule has 1 aromatic heterocycles. The van der Waals surface area contributed by atoms with Crippen LogP contribution in [0.25, 0.3) is 10.9 Å². The topological polar surface area (TPSA) is 77.8 Å². The quantitative estimate of drug-likeness (QED) is 0.202. The van der Waals surface area contributed by atoms with E-state index in [9.17, 15) is 9.90 Å². The van der Waals surface area contributed by atoms with Gasteiger partial charge in [-0.25, -0.2) is 4.99 Å². The SMILES string of the molecule is O=CCc1c(/N=C/c2c(Cl)cccc2Cl)[nH]c2ccc(O)c(/N=C/c3c(Cl)cccc3Cl)c12. The monoisotopic (exact) mass is 517 g/mol. The van der Waals surface area contributed by atoms with E-state index in [1.54, 1.807) is 42.5 Å². The van der Waals surface area contributed by atoms with Gasteiger partial charge in [-0.2, -0.15) is 0 Å². The molecule has 2 N–H and O–H groups in total. The molecule has 0 saturated carbocycles. The van der Waals surface area contributed by atoms with Gasteiger partial charge >= 0.3 is 0 Å². The molecule has 9 heteroatoms. The van der Waals surface area contributed by atoms with Gasteiger partial charge in [-0.3, -0.25) is 4.99 Å². The Morgan fingerprint density at radius 2 is 1.36 bits per heavy atom. The highest BCUT2D eigenvalue weighted by atomic mass is 35.5. The van der Waals surface area contributed by atoms with E-state index in [0.29, 0.717) is 53.5 Å². The number of aromatic amines is 1. The summed E-state index contributed by atoms with van der Waals surface area (Å²) in [5, 5.41) is 12.8. The largest absolute Gasteiger partial charge is 0.506 e. The second-order valence-corrected chi connectivity index (χ2v) is 8.59. The molecule has 0 aliphatic heterocycles. The summed E-state index contributed by atoms with van der Waals surface area (Å²) in [5.74, 6) is 0.351. The number of phenolic OH excluding ortho intramolecular Hbond substituents is 1. The van der Waals surface area contributed by atoms with Crippen LogP contribution in [0.3, 0.4) is 0 Å². The highest BCUT2D eigenvalue weighted by molar-refractivity contribution is 6.39. The molecule has 5 nitrogen and oxygen atoms in total. The van der Waals surface area contributed by atoms with Gasteiger partial charge in [0.05, 0.1) is 20.1 Å². The van der Waals surface area contributed by atoms with E-state index in [1.165, 1.54) is 18.5 Å². The number of aliphatic imine (C=N–C) groups is 2. The number of nitrogens with one attached hydrogen (secondary N) is 1. The number of hydrogen-bond donors (Lipinski definition) is 2. The lowest BCUT2D eigenvalue weighted by atomic mass is 10.1. The summed E-state index contributed by atoms with van der Waals surface area (Å²) in [6.45, 7) is 0. The van der Waals surface area contributed by atoms with Crippen molar-refractivity contribution in [1.82, 2.24) is 4.98 Å². The molecule has 4 rings (SSSR count). The van der Waals surface area contributed by atoms with Gasteiger partial charge in [0.2, 0.25) is 0 Å². The molecule has 0 bridgehead atoms. The number of fused-ring (bicyclic) bond motifs is 1. The highest BCUT2D eigenvalue weighted by Gasteiger charge is 2.17. The van der Waals surface area contributed by atoms with Gasteiger partial charge in [-0.05, 0) is 36.4 Å². The van der Waals surface area contributed by atoms with Crippen molar-refractivity contribution in [3.8, 4) is 5.75 Å². The van der Waals surface area contributed by atoms with Crippen molar-refractivity contribution < 1.29 is 9.90 Å². The minimum Gasteiger partial charge on any atom is -0.506 e. The molecule has 0 aliphatic carbocycles. The summed E-state index contributed by atoms with van der Waals surface area (Å²) < 4.78 is 0. The number of hydrogen-bond acceptors (Lipinski definition) is 4. The fourth-order valence-electron chi connectivity index (χ4n) is 3.36. The number of aromatic nitrogens is 1. The lowest BCUT2D eigenvalue weighted by Gasteiger charge is -2.05. The van der Waals surface area contributed by atoms with Crippen LogP contribution in [-0.2, 0) is 11.2 Å². The summed E-state index contributed by atoms with van der Waals surface area (Å²) in [4.78, 5) is 23.6. The molecule has 0 radical (unpaired) electrons. The average Bonchev–Trinajstić information content (AvgIpc) is 3.12. The zero-order valence-corrected chi connectivity index (χ0v) is 19.8. The van der Waals surface area contributed by atoms with Crippen LogP contribution in [0.5, 0.6) is 5.75 Å². The minimum absolute atomic E-state index is 0.0434. The van der Waals surface area contributed by atoms with Crippen LogP contribution in [0.1, 0.15) is 16.7 Å². The second-order valence-electron chi connectivity index (χ2n) is 6.97. The molecule has 0 unspecified atom stereocenters. The summed E-state index contributed by atoms with van der Waals surface area (Å²) in [7, 11) is 0. The Kier molecular flexibility index (Phi) is 7.05. The van der Waals surface area contributed by atoms with Crippen LogP contribution >= 0.6 is 46.4 Å². The van der Waals surface area contributed by atoms with Crippen LogP contribution in [0.15, 0.2) is 58.5 Å². The van der Waals surface area contributed by atoms with Gasteiger partial charge in [0, 0.05) is 46.4 Å². The van der Waals surface area contributed by atoms with Crippen molar-refractivity contribution >= 4 is 87.5 Å². The van der Waals surface area contributed by atoms with Gasteiger partial charge in [0.25, 0.3) is 0 Å². The molecule has 0 saturated heterocycles. The number of carbonyl (C=O) groups excluding carboxylic acids is 1. The Morgan fingerprint density at radius 3 is 1.91 bits per heavy atom. The normalized spacial score (nSPS) is 11.8. The fraction of sp³-hybridized carbons (Fsp3) is 0.0417. The first-order valence-electron chi connectivity index (χ1n) is 9.67. The van der Waals surface area contributed by atoms with Crippen molar-refractivity contribution in [2.75, 3.05) is 0 Å². The van der Waals surface area contributed by atoms with Gasteiger partial charge in [0.15, 0.2) is 0 Å². The molecule has 33 heavy (non-hydrogen) atoms. The van der Waals surface area contributed by atoms with E-state index < -0.39 is 0 Å². The lowest BCUT2D eigenvalue weighted by molar-refractivity contribution is -0.107. The van der Waals surface area contributed by atoms with E-state index in [-0.39, 0.29) is 17.9 Å². The average molecular weight is 519 g/mol. The first kappa shape index (κ1) is 23.3. The molecule has 166 valence electrons. The number of carbonyl (C=O) groups is 1. The number of phenols is 1. The fourth-order valence-corrected chi connectivity index (χ4v) is 4.35. The Balaban J connectivity index is 1.87. The molecule has 0 spiro atoms. The van der Waals surface area contributed by atoms with Gasteiger partial charge < -0.3 is 14.9 Å². The molecule has 0 atom stereocenters. The van der Waals surface area contributed by atoms with E-state index in [4.69, 9.17) is 46.4 Å². The van der Waals surface area contributed by atoms with Crippen LogP contribution in [-0.4, -0.2) is 28.8 Å². The first-order valence-corrected chi connectivity index (χ1v) is 11.2. The number of nitrogens with zero attached hydrogens (tertiary/aromatic N) is 2. The number of aldehydes is 1. The Labute approximate surface area is 209 Å². The molecular formula is C24H15Cl4N3O2. The Hall–Kier alpha value is -2.83. The third kappa shape index (κ3) is 4.77. The smallest absolute Gasteiger partial charge is 0.141 e. The Bertz CT molecular complexity index is 1390. The molecule has 0 fully saturated rings. The van der Waals surface area contributed by atoms with Crippen LogP contribution in [0.4, 0.5) is 11.5 Å². The van der Waals surface area contributed by atoms with Crippen molar-refractivity contribution in [3.63, 3.8) is 0 Å². The number of rotatable bonds is 6. The number of aromatic hydroxyl groups is 1. The predicted molar refractivity (Wildman–Crippen MR) is 137 cm³/mol. The zero-order valence-electron chi connectivity index (χ0n) is 16.8. The van der Waals surface area contributed by atoms with Crippen molar-refractivity contribution in [2.24, 2.45) is 9.98 Å². The van der Waals surface area contributed by atoms with E-state index >= 15 is 0 Å². The maximum Gasteiger partial charge on any atom is 0.141 e. The molecular weight excluding hydrogens is 504 g/mol. The number of benzene rings is 3. The molecule has 0 aliphatic rings. The maximum absolute atomic E-state index is 11.5. The second kappa shape index (κ2) is 9.98. The van der Waals surface area contributed by atoms with Crippen LogP contribution in [0, 0.1) is 0 Å². The third-order valence-electron chi connectivity index (χ3n) is 4.93. The third-order valence-corrected chi connectivity index (χ3v) is 6.25. The van der Waals surface area contributed by atoms with E-state index in [0.717, 1.165) is 6.29 Å². The molecule has 4 aromatic rings. The molecule has 3 aromatic carbocycles. The standard InChI is InChI=1S/C24H15Cl4N3O2/c25-16-3-1-4-17(26)14(16)11-29-23-21(33)8-7-20-22(23)13(9-10-32)24(31-20)30-12-15-18(27)5-2-6-19(15)28/h1-8,10-12,31,33H,9H2/b29-11+,30-12+. The number of H-pyrrole nitrogens is 1. The first-order chi connectivity index (χ1) is 15.9. The Morgan fingerprint density at radius 1 is 0.818 bits per heavy atom. The number of halogens is 4. The van der Waals surface area contributed by atoms with Gasteiger partial charge in [0.1, 0.15) is 23.5 Å². The summed E-state index contributed by atoms with van der Waals surface area (Å²) >= 11 is 24.9. The molecule has 0 amide bonds. The molecule has 1 heterocycles. The van der Waals surface area contributed by atoms with Gasteiger partial charge in [-0.15, -0.1) is 0 Å². The van der Waals surface area contributed by atoms with Crippen molar-refractivity contribution in [2.45, 2.75) is 6.42 Å². The van der Waals surface area contributed by atoms with Crippen LogP contribution in [0.2, 0.25) is 20.1 Å². The van der Waals surface area contributed by atoms with Crippen molar-refractivity contribution in [3.05, 3.63) is 85.3 Å². The minimum atomic E-state index is -0.0715.